The Labute approximate surface area is 163 Å². The van der Waals surface area contributed by atoms with Crippen molar-refractivity contribution in [3.63, 3.8) is 0 Å². The first-order valence-electron chi connectivity index (χ1n) is 8.71. The molecular weight excluding hydrogens is 375 g/mol. The van der Waals surface area contributed by atoms with Gasteiger partial charge < -0.3 is 15.4 Å². The number of rotatable bonds is 4. The average molecular weight is 399 g/mol. The summed E-state index contributed by atoms with van der Waals surface area (Å²) in [6, 6.07) is 4.86. The van der Waals surface area contributed by atoms with E-state index in [9.17, 15) is 9.59 Å². The molecule has 2 N–H and O–H groups in total. The summed E-state index contributed by atoms with van der Waals surface area (Å²) in [5.41, 5.74) is -0.147. The molecule has 7 heteroatoms. The number of benzene rings is 1. The predicted octanol–water partition coefficient (Wildman–Crippen LogP) is 4.56. The van der Waals surface area contributed by atoms with Gasteiger partial charge in [0.1, 0.15) is 5.60 Å². The van der Waals surface area contributed by atoms with Gasteiger partial charge in [-0.05, 0) is 70.6 Å². The Balaban J connectivity index is 1.52. The van der Waals surface area contributed by atoms with Crippen LogP contribution in [0.25, 0.3) is 0 Å². The summed E-state index contributed by atoms with van der Waals surface area (Å²) in [7, 11) is 0. The largest absolute Gasteiger partial charge is 0.444 e. The monoisotopic (exact) mass is 398 g/mol. The van der Waals surface area contributed by atoms with E-state index in [1.807, 2.05) is 27.7 Å². The van der Waals surface area contributed by atoms with E-state index in [0.29, 0.717) is 15.6 Å². The normalized spacial score (nSPS) is 27.6. The van der Waals surface area contributed by atoms with Crippen LogP contribution in [0.15, 0.2) is 18.2 Å². The Morgan fingerprint density at radius 1 is 1.15 bits per heavy atom. The first-order chi connectivity index (χ1) is 11.9. The van der Waals surface area contributed by atoms with Crippen molar-refractivity contribution in [2.24, 2.45) is 5.41 Å². The highest BCUT2D eigenvalue weighted by Crippen LogP contribution is 2.68. The molecule has 1 aromatic carbocycles. The van der Waals surface area contributed by atoms with Crippen LogP contribution in [-0.4, -0.2) is 29.2 Å². The molecule has 3 fully saturated rings. The minimum absolute atomic E-state index is 0.00102. The number of halogens is 2. The Morgan fingerprint density at radius 3 is 2.31 bits per heavy atom. The zero-order chi connectivity index (χ0) is 19.3. The second-order valence-electron chi connectivity index (χ2n) is 8.62. The van der Waals surface area contributed by atoms with Gasteiger partial charge in [0.15, 0.2) is 0 Å². The third-order valence-corrected chi connectivity index (χ3v) is 6.02. The van der Waals surface area contributed by atoms with Gasteiger partial charge in [0, 0.05) is 17.1 Å². The highest BCUT2D eigenvalue weighted by Gasteiger charge is 2.70. The first-order valence-corrected chi connectivity index (χ1v) is 9.46. The molecule has 0 heterocycles. The zero-order valence-corrected chi connectivity index (χ0v) is 16.9. The molecule has 5 nitrogen and oxygen atoms in total. The van der Waals surface area contributed by atoms with Crippen LogP contribution in [0.2, 0.25) is 10.0 Å². The first kappa shape index (κ1) is 19.3. The van der Waals surface area contributed by atoms with Crippen LogP contribution in [0.1, 0.15) is 57.3 Å². The van der Waals surface area contributed by atoms with Crippen molar-refractivity contribution in [3.8, 4) is 0 Å². The maximum absolute atomic E-state index is 12.4. The molecule has 2 bridgehead atoms. The van der Waals surface area contributed by atoms with Crippen LogP contribution in [0.5, 0.6) is 0 Å². The Morgan fingerprint density at radius 2 is 1.77 bits per heavy atom. The second-order valence-corrected chi connectivity index (χ2v) is 9.44. The van der Waals surface area contributed by atoms with Gasteiger partial charge in [0.2, 0.25) is 0 Å². The third-order valence-electron chi connectivity index (χ3n) is 5.28. The van der Waals surface area contributed by atoms with E-state index in [4.69, 9.17) is 27.9 Å². The smallest absolute Gasteiger partial charge is 0.407 e. The van der Waals surface area contributed by atoms with E-state index < -0.39 is 11.7 Å². The highest BCUT2D eigenvalue weighted by atomic mass is 35.5. The molecule has 2 amide bonds. The van der Waals surface area contributed by atoms with E-state index in [-0.39, 0.29) is 22.9 Å². The summed E-state index contributed by atoms with van der Waals surface area (Å²) < 4.78 is 5.31. The minimum Gasteiger partial charge on any atom is -0.444 e. The van der Waals surface area contributed by atoms with Gasteiger partial charge in [-0.25, -0.2) is 4.79 Å². The van der Waals surface area contributed by atoms with Crippen molar-refractivity contribution in [1.29, 1.82) is 0 Å². The summed E-state index contributed by atoms with van der Waals surface area (Å²) in [5.74, 6) is -0.148. The minimum atomic E-state index is -0.516. The maximum atomic E-state index is 12.4. The molecule has 0 spiro atoms. The fraction of sp³-hybridized carbons (Fsp3) is 0.579. The maximum Gasteiger partial charge on any atom is 0.407 e. The SMILES string of the molecule is CC(NC(=O)OC(C)(C)C)C12CC(NC(=O)c3ccc(Cl)c(Cl)c3)(C1)C2. The Hall–Kier alpha value is -1.46. The number of carbonyl (C=O) groups excluding carboxylic acids is 2. The van der Waals surface area contributed by atoms with E-state index in [1.54, 1.807) is 18.2 Å². The molecule has 3 saturated carbocycles. The third kappa shape index (κ3) is 3.65. The molecule has 1 atom stereocenters. The molecule has 142 valence electrons. The van der Waals surface area contributed by atoms with Gasteiger partial charge >= 0.3 is 6.09 Å². The van der Waals surface area contributed by atoms with Crippen molar-refractivity contribution in [1.82, 2.24) is 10.6 Å². The number of amides is 2. The van der Waals surface area contributed by atoms with Gasteiger partial charge in [-0.15, -0.1) is 0 Å². The van der Waals surface area contributed by atoms with E-state index in [1.165, 1.54) is 0 Å². The van der Waals surface area contributed by atoms with Crippen molar-refractivity contribution in [2.75, 3.05) is 0 Å². The van der Waals surface area contributed by atoms with Crippen molar-refractivity contribution >= 4 is 35.2 Å². The van der Waals surface area contributed by atoms with Crippen LogP contribution in [-0.2, 0) is 4.74 Å². The molecule has 0 saturated heterocycles. The lowest BCUT2D eigenvalue weighted by molar-refractivity contribution is -0.165. The predicted molar refractivity (Wildman–Crippen MR) is 102 cm³/mol. The fourth-order valence-corrected chi connectivity index (χ4v) is 4.34. The molecule has 1 aromatic rings. The summed E-state index contributed by atoms with van der Waals surface area (Å²) >= 11 is 11.9. The van der Waals surface area contributed by atoms with Gasteiger partial charge in [-0.3, -0.25) is 4.79 Å². The van der Waals surface area contributed by atoms with Crippen molar-refractivity contribution < 1.29 is 14.3 Å². The van der Waals surface area contributed by atoms with E-state index in [0.717, 1.165) is 19.3 Å². The van der Waals surface area contributed by atoms with Gasteiger partial charge in [-0.2, -0.15) is 0 Å². The number of alkyl carbamates (subject to hydrolysis) is 1. The van der Waals surface area contributed by atoms with E-state index in [2.05, 4.69) is 10.6 Å². The van der Waals surface area contributed by atoms with Gasteiger partial charge in [0.05, 0.1) is 10.0 Å². The standard InChI is InChI=1S/C19H24Cl2N2O3/c1-11(22-16(25)26-17(2,3)4)18-8-19(9-18,10-18)23-15(24)12-5-6-13(20)14(21)7-12/h5-7,11H,8-10H2,1-4H3,(H,22,25)(H,23,24). The quantitative estimate of drug-likeness (QED) is 0.780. The molecule has 1 unspecified atom stereocenters. The average Bonchev–Trinajstić information content (AvgIpc) is 2.41. The summed E-state index contributed by atoms with van der Waals surface area (Å²) in [6.45, 7) is 7.51. The molecule has 3 aliphatic carbocycles. The van der Waals surface area contributed by atoms with Crippen LogP contribution in [0, 0.1) is 5.41 Å². The van der Waals surface area contributed by atoms with Crippen LogP contribution in [0.3, 0.4) is 0 Å². The van der Waals surface area contributed by atoms with Crippen LogP contribution < -0.4 is 10.6 Å². The van der Waals surface area contributed by atoms with Crippen LogP contribution in [0.4, 0.5) is 4.79 Å². The lowest BCUT2D eigenvalue weighted by atomic mass is 9.37. The lowest BCUT2D eigenvalue weighted by Crippen LogP contribution is -2.79. The summed E-state index contributed by atoms with van der Waals surface area (Å²) in [6.07, 6.45) is 2.15. The Bertz CT molecular complexity index is 738. The topological polar surface area (TPSA) is 67.4 Å². The number of hydrogen-bond acceptors (Lipinski definition) is 3. The highest BCUT2D eigenvalue weighted by molar-refractivity contribution is 6.42. The lowest BCUT2D eigenvalue weighted by Gasteiger charge is -2.72. The zero-order valence-electron chi connectivity index (χ0n) is 15.4. The number of ether oxygens (including phenoxy) is 1. The number of hydrogen-bond donors (Lipinski definition) is 2. The van der Waals surface area contributed by atoms with Gasteiger partial charge in [0.25, 0.3) is 5.91 Å². The Kier molecular flexibility index (Phi) is 4.68. The summed E-state index contributed by atoms with van der Waals surface area (Å²) in [5, 5.41) is 6.83. The van der Waals surface area contributed by atoms with Crippen LogP contribution >= 0.6 is 23.2 Å². The molecule has 26 heavy (non-hydrogen) atoms. The molecule has 0 aromatic heterocycles. The number of carbonyl (C=O) groups is 2. The molecular formula is C19H24Cl2N2O3. The van der Waals surface area contributed by atoms with Crippen molar-refractivity contribution in [2.45, 2.75) is 64.1 Å². The molecule has 3 aliphatic rings. The van der Waals surface area contributed by atoms with E-state index >= 15 is 0 Å². The summed E-state index contributed by atoms with van der Waals surface area (Å²) in [4.78, 5) is 24.4. The number of nitrogens with one attached hydrogen (secondary N) is 2. The second kappa shape index (κ2) is 6.31. The molecule has 4 rings (SSSR count). The molecule has 0 aliphatic heterocycles. The van der Waals surface area contributed by atoms with Crippen molar-refractivity contribution in [3.05, 3.63) is 33.8 Å². The molecule has 0 radical (unpaired) electrons. The van der Waals surface area contributed by atoms with Gasteiger partial charge in [-0.1, -0.05) is 23.2 Å². The fourth-order valence-electron chi connectivity index (χ4n) is 4.05.